The van der Waals surface area contributed by atoms with E-state index in [0.717, 1.165) is 11.1 Å². The number of aryl methyl sites for hydroxylation is 1. The summed E-state index contributed by atoms with van der Waals surface area (Å²) in [6.07, 6.45) is -0.0230. The second-order valence-corrected chi connectivity index (χ2v) is 9.19. The second kappa shape index (κ2) is 8.95. The molecule has 176 valence electrons. The highest BCUT2D eigenvalue weighted by molar-refractivity contribution is 5.95. The lowest BCUT2D eigenvalue weighted by Gasteiger charge is -2.25. The molecule has 4 rings (SSSR count). The molecule has 0 atom stereocenters. The summed E-state index contributed by atoms with van der Waals surface area (Å²) >= 11 is 0. The molecular formula is C23H30N5O5+. The Bertz CT molecular complexity index is 1180. The van der Waals surface area contributed by atoms with E-state index in [4.69, 9.17) is 25.1 Å². The van der Waals surface area contributed by atoms with Crippen LogP contribution in [0, 0.1) is 6.92 Å². The smallest absolute Gasteiger partial charge is 0.401 e. The van der Waals surface area contributed by atoms with Crippen LogP contribution in [0.5, 0.6) is 11.6 Å². The molecule has 1 aliphatic heterocycles. The normalized spacial score (nSPS) is 14.3. The van der Waals surface area contributed by atoms with Gasteiger partial charge in [0, 0.05) is 17.2 Å². The van der Waals surface area contributed by atoms with Crippen LogP contribution in [0.2, 0.25) is 0 Å². The van der Waals surface area contributed by atoms with E-state index in [-0.39, 0.29) is 43.0 Å². The number of hydrogen-bond acceptors (Lipinski definition) is 8. The number of anilines is 1. The molecule has 33 heavy (non-hydrogen) atoms. The number of carbonyl (C=O) groups excluding carboxylic acids is 1. The van der Waals surface area contributed by atoms with E-state index in [0.29, 0.717) is 36.1 Å². The minimum absolute atomic E-state index is 0.0230. The van der Waals surface area contributed by atoms with Gasteiger partial charge in [-0.05, 0) is 36.1 Å². The molecule has 0 unspecified atom stereocenters. The van der Waals surface area contributed by atoms with Crippen molar-refractivity contribution in [2.24, 2.45) is 0 Å². The van der Waals surface area contributed by atoms with E-state index in [1.165, 1.54) is 9.20 Å². The quantitative estimate of drug-likeness (QED) is 0.383. The molecule has 10 nitrogen and oxygen atoms in total. The minimum atomic E-state index is -0.189. The number of hydrogen-bond donors (Lipinski definition) is 2. The van der Waals surface area contributed by atoms with Crippen molar-refractivity contribution in [3.8, 4) is 11.6 Å². The van der Waals surface area contributed by atoms with Crippen LogP contribution < -0.4 is 19.9 Å². The maximum Gasteiger partial charge on any atom is 0.401 e. The van der Waals surface area contributed by atoms with Gasteiger partial charge in [0.05, 0.1) is 19.8 Å². The van der Waals surface area contributed by atoms with E-state index in [9.17, 15) is 4.79 Å². The number of benzene rings is 1. The highest BCUT2D eigenvalue weighted by Crippen LogP contribution is 2.28. The van der Waals surface area contributed by atoms with Gasteiger partial charge in [-0.3, -0.25) is 10.5 Å². The number of rotatable bonds is 8. The van der Waals surface area contributed by atoms with Crippen molar-refractivity contribution in [3.63, 3.8) is 0 Å². The minimum Gasteiger partial charge on any atom is -0.491 e. The Labute approximate surface area is 191 Å². The number of ketones is 1. The standard InChI is InChI=1S/C23H29N5O5/c1-14-7-20(33-18-12-31-13-18)25-28-21(14)26-27(22(28)24)11-19(30)15-8-16(23(2,3)4)10-17(9-15)32-6-5-29/h7-10,18,24,29H,5-6,11-13H2,1-4H3/p+1. The van der Waals surface area contributed by atoms with Crippen molar-refractivity contribution in [2.75, 3.05) is 32.2 Å². The summed E-state index contributed by atoms with van der Waals surface area (Å²) in [6.45, 7) is 9.11. The summed E-state index contributed by atoms with van der Waals surface area (Å²) in [7, 11) is 0. The van der Waals surface area contributed by atoms with Gasteiger partial charge < -0.3 is 19.3 Å². The lowest BCUT2D eigenvalue weighted by molar-refractivity contribution is -0.723. The average Bonchev–Trinajstić information content (AvgIpc) is 3.04. The summed E-state index contributed by atoms with van der Waals surface area (Å²) in [6, 6.07) is 7.22. The van der Waals surface area contributed by atoms with E-state index in [1.807, 2.05) is 19.1 Å². The topological polar surface area (TPSA) is 125 Å². The Kier molecular flexibility index (Phi) is 6.22. The maximum atomic E-state index is 13.2. The molecule has 1 fully saturated rings. The number of aliphatic hydroxyl groups is 1. The first-order chi connectivity index (χ1) is 15.7. The number of fused-ring (bicyclic) bond motifs is 1. The molecule has 2 aromatic heterocycles. The Hall–Kier alpha value is -3.24. The van der Waals surface area contributed by atoms with E-state index in [1.54, 1.807) is 12.1 Å². The molecule has 1 saturated heterocycles. The largest absolute Gasteiger partial charge is 0.491 e. The van der Waals surface area contributed by atoms with Crippen LogP contribution in [-0.2, 0) is 16.7 Å². The van der Waals surface area contributed by atoms with Crippen LogP contribution in [0.1, 0.15) is 42.3 Å². The fourth-order valence-electron chi connectivity index (χ4n) is 3.44. The van der Waals surface area contributed by atoms with Crippen LogP contribution >= 0.6 is 0 Å². The molecule has 3 aromatic rings. The predicted octanol–water partition coefficient (Wildman–Crippen LogP) is 1.24. The summed E-state index contributed by atoms with van der Waals surface area (Å²) in [5, 5.41) is 18.0. The van der Waals surface area contributed by atoms with Gasteiger partial charge >= 0.3 is 5.95 Å². The average molecular weight is 457 g/mol. The van der Waals surface area contributed by atoms with Crippen LogP contribution in [0.4, 0.5) is 5.95 Å². The van der Waals surface area contributed by atoms with Crippen molar-refractivity contribution in [1.29, 1.82) is 0 Å². The van der Waals surface area contributed by atoms with Gasteiger partial charge in [0.15, 0.2) is 12.3 Å². The van der Waals surface area contributed by atoms with Crippen molar-refractivity contribution >= 4 is 17.4 Å². The number of nitrogens with zero attached hydrogens (tertiary/aromatic N) is 4. The Morgan fingerprint density at radius 2 is 2.06 bits per heavy atom. The lowest BCUT2D eigenvalue weighted by Crippen LogP contribution is -2.42. The lowest BCUT2D eigenvalue weighted by atomic mass is 9.85. The predicted molar refractivity (Wildman–Crippen MR) is 120 cm³/mol. The van der Waals surface area contributed by atoms with E-state index in [2.05, 4.69) is 31.0 Å². The Morgan fingerprint density at radius 1 is 1.30 bits per heavy atom. The van der Waals surface area contributed by atoms with Crippen LogP contribution in [-0.4, -0.2) is 58.1 Å². The van der Waals surface area contributed by atoms with Crippen LogP contribution in [0.25, 0.3) is 5.65 Å². The van der Waals surface area contributed by atoms with Gasteiger partial charge in [-0.25, -0.2) is 0 Å². The van der Waals surface area contributed by atoms with Crippen LogP contribution in [0.15, 0.2) is 24.3 Å². The zero-order valence-electron chi connectivity index (χ0n) is 19.4. The van der Waals surface area contributed by atoms with Gasteiger partial charge in [0.1, 0.15) is 18.5 Å². The molecule has 1 aromatic carbocycles. The van der Waals surface area contributed by atoms with Crippen LogP contribution in [0.3, 0.4) is 0 Å². The number of ether oxygens (including phenoxy) is 3. The zero-order chi connectivity index (χ0) is 23.8. The number of aromatic nitrogens is 4. The number of aliphatic hydroxyl groups excluding tert-OH is 1. The summed E-state index contributed by atoms with van der Waals surface area (Å²) in [5.41, 5.74) is 8.91. The third kappa shape index (κ3) is 4.91. The highest BCUT2D eigenvalue weighted by Gasteiger charge is 2.26. The molecular weight excluding hydrogens is 426 g/mol. The first kappa shape index (κ1) is 22.9. The van der Waals surface area contributed by atoms with Gasteiger partial charge in [0.25, 0.3) is 5.65 Å². The van der Waals surface area contributed by atoms with Crippen molar-refractivity contribution in [3.05, 3.63) is 41.0 Å². The fraction of sp³-hybridized carbons (Fsp3) is 0.478. The number of nitrogen functional groups attached to an aromatic ring is 1. The number of carbonyl (C=O) groups is 1. The molecule has 0 amide bonds. The number of Topliss-reactive ketones (excluding diaryl/α,β-unsaturated/α-hetero) is 1. The first-order valence-corrected chi connectivity index (χ1v) is 10.9. The SMILES string of the molecule is Cc1cc(OC2COC2)nn2c(N)[n+](CC(=O)c3cc(OCCO)cc(C(C)(C)C)c3)nc12. The van der Waals surface area contributed by atoms with E-state index < -0.39 is 0 Å². The van der Waals surface area contributed by atoms with Gasteiger partial charge in [-0.1, -0.05) is 35.5 Å². The molecule has 0 radical (unpaired) electrons. The fourth-order valence-corrected chi connectivity index (χ4v) is 3.44. The summed E-state index contributed by atoms with van der Waals surface area (Å²) in [4.78, 5) is 13.2. The third-order valence-electron chi connectivity index (χ3n) is 5.43. The molecule has 0 bridgehead atoms. The Morgan fingerprint density at radius 3 is 2.70 bits per heavy atom. The summed E-state index contributed by atoms with van der Waals surface area (Å²) in [5.74, 6) is 1.02. The molecule has 10 heteroatoms. The highest BCUT2D eigenvalue weighted by atomic mass is 16.6. The van der Waals surface area contributed by atoms with Gasteiger partial charge in [0.2, 0.25) is 5.88 Å². The molecule has 0 spiro atoms. The molecule has 3 heterocycles. The maximum absolute atomic E-state index is 13.2. The summed E-state index contributed by atoms with van der Waals surface area (Å²) < 4.78 is 19.4. The first-order valence-electron chi connectivity index (χ1n) is 10.9. The molecule has 0 aliphatic carbocycles. The van der Waals surface area contributed by atoms with Crippen molar-refractivity contribution < 1.29 is 28.8 Å². The zero-order valence-corrected chi connectivity index (χ0v) is 19.4. The van der Waals surface area contributed by atoms with Gasteiger partial charge in [-0.2, -0.15) is 0 Å². The second-order valence-electron chi connectivity index (χ2n) is 9.19. The molecule has 0 saturated carbocycles. The van der Waals surface area contributed by atoms with Crippen molar-refractivity contribution in [2.45, 2.75) is 45.8 Å². The third-order valence-corrected chi connectivity index (χ3v) is 5.43. The molecule has 1 aliphatic rings. The number of nitrogens with two attached hydrogens (primary N) is 1. The van der Waals surface area contributed by atoms with Crippen molar-refractivity contribution in [1.82, 2.24) is 14.7 Å². The Balaban J connectivity index is 1.63. The molecule has 3 N–H and O–H groups in total. The van der Waals surface area contributed by atoms with E-state index >= 15 is 0 Å². The monoisotopic (exact) mass is 456 g/mol. The van der Waals surface area contributed by atoms with Gasteiger partial charge in [-0.15, -0.1) is 4.68 Å².